The molecule has 0 aliphatic carbocycles. The Morgan fingerprint density at radius 2 is 1.77 bits per heavy atom. The van der Waals surface area contributed by atoms with Crippen LogP contribution < -0.4 is 10.0 Å². The number of nitrogens with one attached hydrogen (secondary N) is 2. The fourth-order valence-corrected chi connectivity index (χ4v) is 3.15. The van der Waals surface area contributed by atoms with Crippen molar-refractivity contribution in [2.75, 3.05) is 11.8 Å². The van der Waals surface area contributed by atoms with E-state index in [-0.39, 0.29) is 10.8 Å². The minimum atomic E-state index is -3.74. The molecule has 0 aromatic heterocycles. The van der Waals surface area contributed by atoms with Crippen LogP contribution in [0.2, 0.25) is 0 Å². The predicted molar refractivity (Wildman–Crippen MR) is 86.6 cm³/mol. The molecule has 0 aliphatic rings. The maximum absolute atomic E-state index is 12.4. The Balaban J connectivity index is 2.39. The van der Waals surface area contributed by atoms with Gasteiger partial charge in [-0.25, -0.2) is 8.42 Å². The van der Waals surface area contributed by atoms with Crippen molar-refractivity contribution in [1.29, 1.82) is 0 Å². The van der Waals surface area contributed by atoms with Crippen LogP contribution in [-0.4, -0.2) is 21.4 Å². The van der Waals surface area contributed by atoms with Gasteiger partial charge >= 0.3 is 0 Å². The molecule has 22 heavy (non-hydrogen) atoms. The Morgan fingerprint density at radius 1 is 1.05 bits per heavy atom. The van der Waals surface area contributed by atoms with Crippen molar-refractivity contribution in [3.05, 3.63) is 59.2 Å². The van der Waals surface area contributed by atoms with E-state index in [2.05, 4.69) is 10.0 Å². The number of benzene rings is 2. The molecule has 2 rings (SSSR count). The third-order valence-corrected chi connectivity index (χ3v) is 4.64. The van der Waals surface area contributed by atoms with E-state index >= 15 is 0 Å². The third-order valence-electron chi connectivity index (χ3n) is 3.26. The van der Waals surface area contributed by atoms with Crippen LogP contribution in [-0.2, 0) is 10.0 Å². The van der Waals surface area contributed by atoms with Gasteiger partial charge < -0.3 is 5.32 Å². The van der Waals surface area contributed by atoms with E-state index in [1.165, 1.54) is 19.2 Å². The zero-order valence-corrected chi connectivity index (χ0v) is 13.5. The summed E-state index contributed by atoms with van der Waals surface area (Å²) in [6.07, 6.45) is 0. The van der Waals surface area contributed by atoms with Gasteiger partial charge in [0.15, 0.2) is 0 Å². The third kappa shape index (κ3) is 3.46. The highest BCUT2D eigenvalue weighted by Crippen LogP contribution is 2.20. The number of hydrogen-bond donors (Lipinski definition) is 2. The quantitative estimate of drug-likeness (QED) is 0.909. The van der Waals surface area contributed by atoms with Gasteiger partial charge in [-0.2, -0.15) is 0 Å². The zero-order chi connectivity index (χ0) is 16.3. The van der Waals surface area contributed by atoms with E-state index in [0.29, 0.717) is 16.8 Å². The van der Waals surface area contributed by atoms with E-state index in [9.17, 15) is 13.2 Å². The average Bonchev–Trinajstić information content (AvgIpc) is 2.46. The molecule has 0 unspecified atom stereocenters. The van der Waals surface area contributed by atoms with Crippen molar-refractivity contribution in [2.45, 2.75) is 18.7 Å². The van der Waals surface area contributed by atoms with Crippen molar-refractivity contribution in [2.24, 2.45) is 0 Å². The van der Waals surface area contributed by atoms with Crippen LogP contribution in [0, 0.1) is 13.8 Å². The zero-order valence-electron chi connectivity index (χ0n) is 12.7. The van der Waals surface area contributed by atoms with Gasteiger partial charge in [-0.1, -0.05) is 18.2 Å². The Labute approximate surface area is 130 Å². The molecule has 2 aromatic carbocycles. The molecular formula is C16H18N2O3S. The van der Waals surface area contributed by atoms with E-state index in [1.54, 1.807) is 31.2 Å². The Kier molecular flexibility index (Phi) is 4.51. The lowest BCUT2D eigenvalue weighted by molar-refractivity contribution is 0.0962. The molecule has 0 atom stereocenters. The number of aryl methyl sites for hydroxylation is 2. The monoisotopic (exact) mass is 318 g/mol. The highest BCUT2D eigenvalue weighted by Gasteiger charge is 2.17. The molecule has 0 aliphatic heterocycles. The number of amides is 1. The number of carbonyl (C=O) groups excluding carboxylic acids is 1. The maximum atomic E-state index is 12.4. The van der Waals surface area contributed by atoms with Crippen LogP contribution in [0.15, 0.2) is 47.4 Å². The molecular weight excluding hydrogens is 300 g/mol. The Hall–Kier alpha value is -2.34. The van der Waals surface area contributed by atoms with Crippen molar-refractivity contribution < 1.29 is 13.2 Å². The molecule has 5 nitrogen and oxygen atoms in total. The maximum Gasteiger partial charge on any atom is 0.261 e. The van der Waals surface area contributed by atoms with Gasteiger partial charge in [-0.3, -0.25) is 9.52 Å². The highest BCUT2D eigenvalue weighted by atomic mass is 32.2. The van der Waals surface area contributed by atoms with E-state index in [4.69, 9.17) is 0 Å². The predicted octanol–water partition coefficient (Wildman–Crippen LogP) is 2.46. The molecule has 0 spiro atoms. The van der Waals surface area contributed by atoms with Gasteiger partial charge in [0, 0.05) is 18.3 Å². The second-order valence-corrected chi connectivity index (χ2v) is 6.71. The molecule has 2 aromatic rings. The summed E-state index contributed by atoms with van der Waals surface area (Å²) in [5.41, 5.74) is 2.50. The summed E-state index contributed by atoms with van der Waals surface area (Å²) in [4.78, 5) is 11.8. The summed E-state index contributed by atoms with van der Waals surface area (Å²) >= 11 is 0. The molecule has 0 fully saturated rings. The minimum absolute atomic E-state index is 0.0539. The SMILES string of the molecule is CNC(=O)c1cc(S(=O)(=O)Nc2cccc(C)c2)ccc1C. The van der Waals surface area contributed by atoms with Crippen molar-refractivity contribution in [3.8, 4) is 0 Å². The number of rotatable bonds is 4. The first-order chi connectivity index (χ1) is 10.3. The summed E-state index contributed by atoms with van der Waals surface area (Å²) in [7, 11) is -2.23. The van der Waals surface area contributed by atoms with Gasteiger partial charge in [0.1, 0.15) is 0 Å². The summed E-state index contributed by atoms with van der Waals surface area (Å²) in [5, 5.41) is 2.50. The largest absolute Gasteiger partial charge is 0.355 e. The summed E-state index contributed by atoms with van der Waals surface area (Å²) in [6, 6.07) is 11.6. The van der Waals surface area contributed by atoms with Gasteiger partial charge in [0.25, 0.3) is 15.9 Å². The molecule has 0 bridgehead atoms. The Bertz CT molecular complexity index is 814. The molecule has 0 heterocycles. The second-order valence-electron chi connectivity index (χ2n) is 5.03. The van der Waals surface area contributed by atoms with Crippen LogP contribution in [0.1, 0.15) is 21.5 Å². The summed E-state index contributed by atoms with van der Waals surface area (Å²) < 4.78 is 27.4. The van der Waals surface area contributed by atoms with Crippen LogP contribution >= 0.6 is 0 Å². The standard InChI is InChI=1S/C16H18N2O3S/c1-11-5-4-6-13(9-11)18-22(20,21)14-8-7-12(2)15(10-14)16(19)17-3/h4-10,18H,1-3H3,(H,17,19). The number of hydrogen-bond acceptors (Lipinski definition) is 3. The normalized spacial score (nSPS) is 11.0. The lowest BCUT2D eigenvalue weighted by Gasteiger charge is -2.11. The van der Waals surface area contributed by atoms with E-state index < -0.39 is 10.0 Å². The van der Waals surface area contributed by atoms with Crippen LogP contribution in [0.5, 0.6) is 0 Å². The van der Waals surface area contributed by atoms with Crippen LogP contribution in [0.4, 0.5) is 5.69 Å². The topological polar surface area (TPSA) is 75.3 Å². The fraction of sp³-hybridized carbons (Fsp3) is 0.188. The Morgan fingerprint density at radius 3 is 2.41 bits per heavy atom. The van der Waals surface area contributed by atoms with Crippen LogP contribution in [0.3, 0.4) is 0 Å². The first-order valence-electron chi connectivity index (χ1n) is 6.76. The lowest BCUT2D eigenvalue weighted by atomic mass is 10.1. The smallest absolute Gasteiger partial charge is 0.261 e. The van der Waals surface area contributed by atoms with Gasteiger partial charge in [-0.05, 0) is 49.2 Å². The van der Waals surface area contributed by atoms with Gasteiger partial charge in [-0.15, -0.1) is 0 Å². The summed E-state index contributed by atoms with van der Waals surface area (Å²) in [5.74, 6) is -0.315. The number of anilines is 1. The summed E-state index contributed by atoms with van der Waals surface area (Å²) in [6.45, 7) is 3.64. The second kappa shape index (κ2) is 6.19. The molecule has 1 amide bonds. The van der Waals surface area contributed by atoms with Crippen molar-refractivity contribution >= 4 is 21.6 Å². The minimum Gasteiger partial charge on any atom is -0.355 e. The van der Waals surface area contributed by atoms with Crippen molar-refractivity contribution in [1.82, 2.24) is 5.32 Å². The number of sulfonamides is 1. The molecule has 0 saturated carbocycles. The van der Waals surface area contributed by atoms with E-state index in [0.717, 1.165) is 5.56 Å². The molecule has 0 radical (unpaired) electrons. The first-order valence-corrected chi connectivity index (χ1v) is 8.24. The molecule has 0 saturated heterocycles. The van der Waals surface area contributed by atoms with Gasteiger partial charge in [0.2, 0.25) is 0 Å². The van der Waals surface area contributed by atoms with Crippen LogP contribution in [0.25, 0.3) is 0 Å². The molecule has 2 N–H and O–H groups in total. The number of carbonyl (C=O) groups is 1. The first kappa shape index (κ1) is 16.0. The van der Waals surface area contributed by atoms with E-state index in [1.807, 2.05) is 13.0 Å². The lowest BCUT2D eigenvalue weighted by Crippen LogP contribution is -2.20. The molecule has 6 heteroatoms. The van der Waals surface area contributed by atoms with Gasteiger partial charge in [0.05, 0.1) is 4.90 Å². The van der Waals surface area contributed by atoms with Crippen molar-refractivity contribution in [3.63, 3.8) is 0 Å². The average molecular weight is 318 g/mol. The molecule has 116 valence electrons. The highest BCUT2D eigenvalue weighted by molar-refractivity contribution is 7.92. The fourth-order valence-electron chi connectivity index (χ4n) is 2.07.